The van der Waals surface area contributed by atoms with Crippen molar-refractivity contribution in [1.82, 2.24) is 0 Å². The zero-order chi connectivity index (χ0) is 14.4. The van der Waals surface area contributed by atoms with Gasteiger partial charge in [-0.3, -0.25) is 0 Å². The quantitative estimate of drug-likeness (QED) is 0.709. The number of rotatable bonds is 7. The van der Waals surface area contributed by atoms with Crippen LogP contribution in [0.2, 0.25) is 0 Å². The van der Waals surface area contributed by atoms with Crippen LogP contribution in [0.1, 0.15) is 45.2 Å². The van der Waals surface area contributed by atoms with Gasteiger partial charge < -0.3 is 20.8 Å². The summed E-state index contributed by atoms with van der Waals surface area (Å²) in [7, 11) is 0. The van der Waals surface area contributed by atoms with Crippen molar-refractivity contribution in [3.8, 4) is 5.75 Å². The molecule has 1 atom stereocenters. The van der Waals surface area contributed by atoms with Gasteiger partial charge in [0, 0.05) is 35.9 Å². The molecule has 1 aromatic carbocycles. The molecule has 4 nitrogen and oxygen atoms in total. The first-order chi connectivity index (χ1) is 9.04. The van der Waals surface area contributed by atoms with Crippen LogP contribution in [0, 0.1) is 0 Å². The van der Waals surface area contributed by atoms with Crippen LogP contribution in [0.25, 0.3) is 0 Å². The predicted molar refractivity (Wildman–Crippen MR) is 79.5 cm³/mol. The summed E-state index contributed by atoms with van der Waals surface area (Å²) in [6.45, 7) is 6.79. The molecule has 0 fully saturated rings. The SMILES string of the molecule is CCC(CC)N(CCO)c1ccc(C(C)N)c(O)c1. The highest BCUT2D eigenvalue weighted by molar-refractivity contribution is 5.54. The number of nitrogens with zero attached hydrogens (tertiary/aromatic N) is 1. The van der Waals surface area contributed by atoms with Crippen LogP contribution in [0.3, 0.4) is 0 Å². The number of phenolic OH excluding ortho intramolecular Hbond substituents is 1. The molecule has 0 radical (unpaired) electrons. The van der Waals surface area contributed by atoms with E-state index in [1.807, 2.05) is 19.1 Å². The number of nitrogens with two attached hydrogens (primary N) is 1. The molecular weight excluding hydrogens is 240 g/mol. The summed E-state index contributed by atoms with van der Waals surface area (Å²) in [6, 6.07) is 5.75. The fraction of sp³-hybridized carbons (Fsp3) is 0.600. The average Bonchev–Trinajstić information content (AvgIpc) is 2.38. The lowest BCUT2D eigenvalue weighted by Gasteiger charge is -2.32. The summed E-state index contributed by atoms with van der Waals surface area (Å²) in [5, 5.41) is 19.3. The van der Waals surface area contributed by atoms with Gasteiger partial charge in [0.25, 0.3) is 0 Å². The molecule has 4 N–H and O–H groups in total. The summed E-state index contributed by atoms with van der Waals surface area (Å²) in [4.78, 5) is 2.14. The number of phenols is 1. The molecule has 0 amide bonds. The molecule has 0 saturated carbocycles. The topological polar surface area (TPSA) is 69.7 Å². The van der Waals surface area contributed by atoms with Crippen LogP contribution in [0.4, 0.5) is 5.69 Å². The van der Waals surface area contributed by atoms with Crippen molar-refractivity contribution in [1.29, 1.82) is 0 Å². The summed E-state index contributed by atoms with van der Waals surface area (Å²) in [5.74, 6) is 0.224. The number of aromatic hydroxyl groups is 1. The van der Waals surface area contributed by atoms with Crippen molar-refractivity contribution in [3.05, 3.63) is 23.8 Å². The molecule has 0 bridgehead atoms. The largest absolute Gasteiger partial charge is 0.508 e. The zero-order valence-corrected chi connectivity index (χ0v) is 12.1. The van der Waals surface area contributed by atoms with Crippen LogP contribution in [0.15, 0.2) is 18.2 Å². The van der Waals surface area contributed by atoms with Gasteiger partial charge >= 0.3 is 0 Å². The predicted octanol–water partition coefficient (Wildman–Crippen LogP) is 2.40. The monoisotopic (exact) mass is 266 g/mol. The van der Waals surface area contributed by atoms with Gasteiger partial charge in [-0.1, -0.05) is 19.9 Å². The number of aliphatic hydroxyl groups is 1. The Morgan fingerprint density at radius 1 is 1.26 bits per heavy atom. The molecule has 0 aliphatic rings. The smallest absolute Gasteiger partial charge is 0.122 e. The van der Waals surface area contributed by atoms with Gasteiger partial charge in [-0.15, -0.1) is 0 Å². The lowest BCUT2D eigenvalue weighted by molar-refractivity contribution is 0.296. The van der Waals surface area contributed by atoms with Crippen LogP contribution in [0.5, 0.6) is 5.75 Å². The van der Waals surface area contributed by atoms with E-state index in [2.05, 4.69) is 18.7 Å². The van der Waals surface area contributed by atoms with Crippen molar-refractivity contribution in [2.45, 2.75) is 45.7 Å². The minimum absolute atomic E-state index is 0.103. The Balaban J connectivity index is 3.06. The lowest BCUT2D eigenvalue weighted by Crippen LogP contribution is -2.36. The molecular formula is C15H26N2O2. The molecule has 1 unspecified atom stereocenters. The molecule has 0 spiro atoms. The van der Waals surface area contributed by atoms with Gasteiger partial charge in [0.2, 0.25) is 0 Å². The lowest BCUT2D eigenvalue weighted by atomic mass is 10.0. The van der Waals surface area contributed by atoms with E-state index in [-0.39, 0.29) is 18.4 Å². The zero-order valence-electron chi connectivity index (χ0n) is 12.1. The van der Waals surface area contributed by atoms with Gasteiger partial charge in [0.05, 0.1) is 6.61 Å². The first-order valence-corrected chi connectivity index (χ1v) is 7.01. The van der Waals surface area contributed by atoms with Crippen LogP contribution in [-0.2, 0) is 0 Å². The molecule has 0 aromatic heterocycles. The van der Waals surface area contributed by atoms with E-state index in [9.17, 15) is 10.2 Å². The van der Waals surface area contributed by atoms with Gasteiger partial charge in [-0.2, -0.15) is 0 Å². The number of benzene rings is 1. The van der Waals surface area contributed by atoms with Gasteiger partial charge in [0.1, 0.15) is 5.75 Å². The second-order valence-corrected chi connectivity index (χ2v) is 4.92. The van der Waals surface area contributed by atoms with Gasteiger partial charge in [-0.25, -0.2) is 0 Å². The first-order valence-electron chi connectivity index (χ1n) is 7.01. The minimum atomic E-state index is -0.187. The molecule has 0 heterocycles. The molecule has 1 aromatic rings. The normalized spacial score (nSPS) is 12.7. The number of aliphatic hydroxyl groups excluding tert-OH is 1. The molecule has 0 aliphatic carbocycles. The van der Waals surface area contributed by atoms with E-state index in [1.54, 1.807) is 6.07 Å². The Morgan fingerprint density at radius 2 is 1.89 bits per heavy atom. The van der Waals surface area contributed by atoms with E-state index in [0.717, 1.165) is 24.1 Å². The Hall–Kier alpha value is -1.26. The number of anilines is 1. The molecule has 4 heteroatoms. The molecule has 19 heavy (non-hydrogen) atoms. The molecule has 108 valence electrons. The Kier molecular flexibility index (Phi) is 6.12. The maximum Gasteiger partial charge on any atom is 0.122 e. The van der Waals surface area contributed by atoms with Crippen molar-refractivity contribution in [2.75, 3.05) is 18.1 Å². The minimum Gasteiger partial charge on any atom is -0.508 e. The number of hydrogen-bond donors (Lipinski definition) is 3. The highest BCUT2D eigenvalue weighted by Crippen LogP contribution is 2.29. The average molecular weight is 266 g/mol. The summed E-state index contributed by atoms with van der Waals surface area (Å²) in [6.07, 6.45) is 2.01. The molecule has 0 saturated heterocycles. The number of hydrogen-bond acceptors (Lipinski definition) is 4. The van der Waals surface area contributed by atoms with E-state index < -0.39 is 0 Å². The highest BCUT2D eigenvalue weighted by atomic mass is 16.3. The fourth-order valence-corrected chi connectivity index (χ4v) is 2.46. The van der Waals surface area contributed by atoms with Gasteiger partial charge in [-0.05, 0) is 25.8 Å². The van der Waals surface area contributed by atoms with Crippen molar-refractivity contribution in [3.63, 3.8) is 0 Å². The van der Waals surface area contributed by atoms with Crippen LogP contribution in [-0.4, -0.2) is 29.4 Å². The second-order valence-electron chi connectivity index (χ2n) is 4.92. The summed E-state index contributed by atoms with van der Waals surface area (Å²) < 4.78 is 0. The van der Waals surface area contributed by atoms with E-state index in [4.69, 9.17) is 5.73 Å². The summed E-state index contributed by atoms with van der Waals surface area (Å²) >= 11 is 0. The van der Waals surface area contributed by atoms with Crippen LogP contribution < -0.4 is 10.6 Å². The third kappa shape index (κ3) is 3.85. The third-order valence-corrected chi connectivity index (χ3v) is 3.56. The Labute approximate surface area is 115 Å². The van der Waals surface area contributed by atoms with E-state index in [0.29, 0.717) is 12.6 Å². The van der Waals surface area contributed by atoms with Crippen molar-refractivity contribution >= 4 is 5.69 Å². The van der Waals surface area contributed by atoms with E-state index >= 15 is 0 Å². The maximum absolute atomic E-state index is 10.0. The molecule has 1 rings (SSSR count). The first kappa shape index (κ1) is 15.8. The van der Waals surface area contributed by atoms with E-state index in [1.165, 1.54) is 0 Å². The van der Waals surface area contributed by atoms with Gasteiger partial charge in [0.15, 0.2) is 0 Å². The Bertz CT molecular complexity index is 390. The standard InChI is InChI=1S/C15H26N2O2/c1-4-12(5-2)17(8-9-18)13-6-7-14(11(3)16)15(19)10-13/h6-7,10-12,18-19H,4-5,8-9,16H2,1-3H3. The fourth-order valence-electron chi connectivity index (χ4n) is 2.46. The van der Waals surface area contributed by atoms with Crippen molar-refractivity contribution in [2.24, 2.45) is 5.73 Å². The highest BCUT2D eigenvalue weighted by Gasteiger charge is 2.17. The van der Waals surface area contributed by atoms with Crippen molar-refractivity contribution < 1.29 is 10.2 Å². The maximum atomic E-state index is 10.0. The second kappa shape index (κ2) is 7.36. The summed E-state index contributed by atoms with van der Waals surface area (Å²) in [5.41, 5.74) is 7.48. The molecule has 0 aliphatic heterocycles. The Morgan fingerprint density at radius 3 is 2.32 bits per heavy atom. The van der Waals surface area contributed by atoms with Crippen LogP contribution >= 0.6 is 0 Å². The third-order valence-electron chi connectivity index (χ3n) is 3.56.